The van der Waals surface area contributed by atoms with Gasteiger partial charge < -0.3 is 20.1 Å². The highest BCUT2D eigenvalue weighted by atomic mass is 31.2. The van der Waals surface area contributed by atoms with E-state index in [1.54, 1.807) is 0 Å². The summed E-state index contributed by atoms with van der Waals surface area (Å²) in [6.45, 7) is 3.41. The smallest absolute Gasteiger partial charge is 0.463 e. The van der Waals surface area contributed by atoms with Gasteiger partial charge in [-0.05, 0) is 57.8 Å². The Morgan fingerprint density at radius 1 is 0.561 bits per heavy atom. The first-order chi connectivity index (χ1) is 27.8. The number of aliphatic hydroxyl groups excluding tert-OH is 1. The predicted molar refractivity (Wildman–Crippen MR) is 238 cm³/mol. The van der Waals surface area contributed by atoms with Gasteiger partial charge in [0.05, 0.1) is 13.2 Å². The summed E-state index contributed by atoms with van der Waals surface area (Å²) in [5, 5.41) is 12.7. The van der Waals surface area contributed by atoms with E-state index in [0.717, 1.165) is 70.6 Å². The second-order valence-corrected chi connectivity index (χ2v) is 16.5. The molecule has 2 unspecified atom stereocenters. The summed E-state index contributed by atoms with van der Waals surface area (Å²) in [5.41, 5.74) is 0. The van der Waals surface area contributed by atoms with Crippen molar-refractivity contribution in [1.82, 2.24) is 5.32 Å². The molecule has 0 bridgehead atoms. The van der Waals surface area contributed by atoms with Gasteiger partial charge in [-0.3, -0.25) is 18.6 Å². The van der Waals surface area contributed by atoms with Crippen LogP contribution in [0.4, 0.5) is 0 Å². The van der Waals surface area contributed by atoms with Crippen LogP contribution in [0.25, 0.3) is 0 Å². The lowest BCUT2D eigenvalue weighted by molar-refractivity contribution is -0.147. The van der Waals surface area contributed by atoms with E-state index in [-0.39, 0.29) is 32.1 Å². The fraction of sp³-hybridized carbons (Fsp3) is 0.745. The van der Waals surface area contributed by atoms with Crippen LogP contribution in [0.2, 0.25) is 0 Å². The Morgan fingerprint density at radius 2 is 1.00 bits per heavy atom. The fourth-order valence-corrected chi connectivity index (χ4v) is 6.81. The number of hydrogen-bond acceptors (Lipinski definition) is 7. The summed E-state index contributed by atoms with van der Waals surface area (Å²) in [7, 11) is -4.43. The Morgan fingerprint density at radius 3 is 1.51 bits per heavy atom. The lowest BCUT2D eigenvalue weighted by atomic mass is 10.0. The lowest BCUT2D eigenvalue weighted by Gasteiger charge is -2.15. The summed E-state index contributed by atoms with van der Waals surface area (Å²) in [4.78, 5) is 33.9. The average molecular weight is 822 g/mol. The van der Waals surface area contributed by atoms with Crippen molar-refractivity contribution in [3.63, 3.8) is 0 Å². The van der Waals surface area contributed by atoms with E-state index in [4.69, 9.17) is 13.8 Å². The molecule has 0 heterocycles. The summed E-state index contributed by atoms with van der Waals surface area (Å²) in [5.74, 6) is -0.547. The number of carbonyl (C=O) groups is 2. The van der Waals surface area contributed by atoms with Crippen LogP contribution in [0.15, 0.2) is 60.8 Å². The van der Waals surface area contributed by atoms with Crippen LogP contribution >= 0.6 is 7.82 Å². The van der Waals surface area contributed by atoms with E-state index in [9.17, 15) is 24.2 Å². The van der Waals surface area contributed by atoms with Crippen molar-refractivity contribution in [3.8, 4) is 0 Å². The van der Waals surface area contributed by atoms with Crippen LogP contribution in [0.5, 0.6) is 0 Å². The van der Waals surface area contributed by atoms with E-state index in [0.29, 0.717) is 12.8 Å². The molecule has 0 aromatic heterocycles. The molecule has 57 heavy (non-hydrogen) atoms. The summed E-state index contributed by atoms with van der Waals surface area (Å²) < 4.78 is 26.9. The molecule has 0 saturated heterocycles. The van der Waals surface area contributed by atoms with Gasteiger partial charge in [0, 0.05) is 19.4 Å². The zero-order valence-electron chi connectivity index (χ0n) is 36.3. The molecule has 0 spiro atoms. The molecular formula is C47H84NO8P. The van der Waals surface area contributed by atoms with Gasteiger partial charge in [-0.1, -0.05) is 184 Å². The van der Waals surface area contributed by atoms with Crippen molar-refractivity contribution in [3.05, 3.63) is 60.8 Å². The number of esters is 1. The maximum atomic E-state index is 12.1. The van der Waals surface area contributed by atoms with Gasteiger partial charge in [-0.25, -0.2) is 4.57 Å². The van der Waals surface area contributed by atoms with Crippen molar-refractivity contribution in [2.75, 3.05) is 26.4 Å². The van der Waals surface area contributed by atoms with E-state index in [1.165, 1.54) is 89.9 Å². The molecule has 1 amide bonds. The Labute approximate surface area is 348 Å². The maximum Gasteiger partial charge on any atom is 0.472 e. The first kappa shape index (κ1) is 54.7. The third kappa shape index (κ3) is 44.7. The number of aliphatic hydroxyl groups is 1. The quantitative estimate of drug-likeness (QED) is 0.0240. The van der Waals surface area contributed by atoms with Gasteiger partial charge in [-0.15, -0.1) is 0 Å². The number of carbonyl (C=O) groups excluding carboxylic acids is 2. The monoisotopic (exact) mass is 822 g/mol. The van der Waals surface area contributed by atoms with Crippen LogP contribution < -0.4 is 5.32 Å². The van der Waals surface area contributed by atoms with Gasteiger partial charge in [-0.2, -0.15) is 0 Å². The number of ether oxygens (including phenoxy) is 1. The highest BCUT2D eigenvalue weighted by Crippen LogP contribution is 2.42. The zero-order valence-corrected chi connectivity index (χ0v) is 37.2. The molecule has 0 aliphatic rings. The highest BCUT2D eigenvalue weighted by molar-refractivity contribution is 7.47. The maximum absolute atomic E-state index is 12.1. The van der Waals surface area contributed by atoms with E-state index < -0.39 is 26.5 Å². The van der Waals surface area contributed by atoms with E-state index in [2.05, 4.69) is 79.9 Å². The van der Waals surface area contributed by atoms with E-state index in [1.807, 2.05) is 0 Å². The second-order valence-electron chi connectivity index (χ2n) is 15.0. The molecule has 10 heteroatoms. The minimum absolute atomic E-state index is 0.0776. The van der Waals surface area contributed by atoms with Gasteiger partial charge in [0.2, 0.25) is 5.91 Å². The first-order valence-corrected chi connectivity index (χ1v) is 24.3. The van der Waals surface area contributed by atoms with Gasteiger partial charge in [0.25, 0.3) is 0 Å². The van der Waals surface area contributed by atoms with Crippen LogP contribution in [0.1, 0.15) is 194 Å². The van der Waals surface area contributed by atoms with Gasteiger partial charge >= 0.3 is 13.8 Å². The molecule has 0 aromatic carbocycles. The number of allylic oxidation sites excluding steroid dienone is 10. The molecule has 2 atom stereocenters. The van der Waals surface area contributed by atoms with Crippen molar-refractivity contribution < 1.29 is 37.9 Å². The SMILES string of the molecule is CC/C=C\C/C=C\C/C=C\C/C=C\C/C=C\CCCCCC(=O)OCC(O)COP(=O)(O)OCCNC(=O)CCCCCCCCCCCCCCCCCCC. The summed E-state index contributed by atoms with van der Waals surface area (Å²) in [6, 6.07) is 0. The largest absolute Gasteiger partial charge is 0.472 e. The standard InChI is InChI=1S/C47H84NO8P/c1-3-5-7-9-11-13-15-17-19-21-22-24-26-28-30-32-34-36-38-40-47(51)54-43-45(49)44-56-57(52,53)55-42-41-48-46(50)39-37-35-33-31-29-27-25-23-20-18-16-14-12-10-8-6-4-2/h5,7,11,13,17,19,22,24,28,30,45,49H,3-4,6,8-10,12,14-16,18,20-21,23,25-27,29,31-44H2,1-2H3,(H,48,50)(H,52,53)/b7-5-,13-11-,19-17-,24-22-,30-28-. The number of hydrogen-bond donors (Lipinski definition) is 3. The number of nitrogens with one attached hydrogen (secondary N) is 1. The van der Waals surface area contributed by atoms with Crippen LogP contribution in [-0.4, -0.2) is 54.3 Å². The highest BCUT2D eigenvalue weighted by Gasteiger charge is 2.23. The molecule has 0 fully saturated rings. The van der Waals surface area contributed by atoms with Crippen molar-refractivity contribution in [2.45, 2.75) is 200 Å². The molecular weight excluding hydrogens is 737 g/mol. The van der Waals surface area contributed by atoms with Crippen molar-refractivity contribution in [1.29, 1.82) is 0 Å². The topological polar surface area (TPSA) is 131 Å². The Hall–Kier alpha value is -2.29. The minimum atomic E-state index is -4.43. The van der Waals surface area contributed by atoms with Gasteiger partial charge in [0.1, 0.15) is 12.7 Å². The normalized spacial score (nSPS) is 13.8. The number of rotatable bonds is 42. The lowest BCUT2D eigenvalue weighted by Crippen LogP contribution is -2.27. The Balaban J connectivity index is 3.64. The third-order valence-corrected chi connectivity index (χ3v) is 10.4. The van der Waals surface area contributed by atoms with Crippen LogP contribution in [0, 0.1) is 0 Å². The predicted octanol–water partition coefficient (Wildman–Crippen LogP) is 12.9. The molecule has 0 aromatic rings. The number of phosphoric acid groups is 1. The number of unbranched alkanes of at least 4 members (excludes halogenated alkanes) is 19. The second kappa shape index (κ2) is 43.3. The van der Waals surface area contributed by atoms with Crippen molar-refractivity contribution >= 4 is 19.7 Å². The summed E-state index contributed by atoms with van der Waals surface area (Å²) >= 11 is 0. The molecule has 0 aliphatic heterocycles. The van der Waals surface area contributed by atoms with Crippen LogP contribution in [-0.2, 0) is 27.9 Å². The molecule has 0 radical (unpaired) electrons. The third-order valence-electron chi connectivity index (χ3n) is 9.46. The van der Waals surface area contributed by atoms with E-state index >= 15 is 0 Å². The number of phosphoric ester groups is 1. The van der Waals surface area contributed by atoms with Crippen LogP contribution in [0.3, 0.4) is 0 Å². The molecule has 0 saturated carbocycles. The molecule has 9 nitrogen and oxygen atoms in total. The van der Waals surface area contributed by atoms with Crippen molar-refractivity contribution in [2.24, 2.45) is 0 Å². The molecule has 3 N–H and O–H groups in total. The summed E-state index contributed by atoms with van der Waals surface area (Å²) in [6.07, 6.45) is 51.5. The van der Waals surface area contributed by atoms with Gasteiger partial charge in [0.15, 0.2) is 0 Å². The minimum Gasteiger partial charge on any atom is -0.463 e. The Kier molecular flexibility index (Phi) is 41.6. The zero-order chi connectivity index (χ0) is 41.8. The first-order valence-electron chi connectivity index (χ1n) is 22.8. The Bertz CT molecular complexity index is 1120. The average Bonchev–Trinajstić information content (AvgIpc) is 3.20. The number of amides is 1. The molecule has 0 rings (SSSR count). The fourth-order valence-electron chi connectivity index (χ4n) is 6.05. The molecule has 0 aliphatic carbocycles. The molecule has 330 valence electrons.